The molecule has 1 aromatic carbocycles. The number of sulfone groups is 1. The maximum Gasteiger partial charge on any atom is 0.241 e. The van der Waals surface area contributed by atoms with Crippen LogP contribution in [0.5, 0.6) is 0 Å². The number of anilines is 1. The summed E-state index contributed by atoms with van der Waals surface area (Å²) < 4.78 is 60.2. The number of hydrogen-bond donors (Lipinski definition) is 2. The first kappa shape index (κ1) is 28.1. The molecular formula is C23H33N7O6S3. The van der Waals surface area contributed by atoms with Crippen LogP contribution in [0.1, 0.15) is 26.3 Å². The van der Waals surface area contributed by atoms with Gasteiger partial charge in [-0.1, -0.05) is 25.6 Å². The van der Waals surface area contributed by atoms with E-state index in [0.717, 1.165) is 11.6 Å². The summed E-state index contributed by atoms with van der Waals surface area (Å²) in [4.78, 5) is 16.5. The first-order valence-electron chi connectivity index (χ1n) is 12.6. The highest BCUT2D eigenvalue weighted by molar-refractivity contribution is 8.15. The van der Waals surface area contributed by atoms with Gasteiger partial charge in [0.05, 0.1) is 35.4 Å². The summed E-state index contributed by atoms with van der Waals surface area (Å²) in [6, 6.07) is 3.23. The lowest BCUT2D eigenvalue weighted by Gasteiger charge is -2.38. The molecule has 5 rings (SSSR count). The quantitative estimate of drug-likeness (QED) is 0.440. The van der Waals surface area contributed by atoms with Crippen LogP contribution in [-0.4, -0.2) is 99.4 Å². The fraction of sp³-hybridized carbons (Fsp3) is 0.609. The lowest BCUT2D eigenvalue weighted by atomic mass is 10.0. The number of amides is 1. The highest BCUT2D eigenvalue weighted by Crippen LogP contribution is 2.36. The lowest BCUT2D eigenvalue weighted by molar-refractivity contribution is -0.134. The molecule has 4 heterocycles. The summed E-state index contributed by atoms with van der Waals surface area (Å²) in [5, 5.41) is 9.84. The number of piperazine rings is 1. The third-order valence-corrected chi connectivity index (χ3v) is 10.4. The molecule has 3 aliphatic rings. The minimum atomic E-state index is -3.92. The Labute approximate surface area is 232 Å². The van der Waals surface area contributed by atoms with E-state index in [4.69, 9.17) is 4.74 Å². The molecule has 0 saturated carbocycles. The molecule has 2 fully saturated rings. The molecule has 16 heteroatoms. The summed E-state index contributed by atoms with van der Waals surface area (Å²) in [6.45, 7) is 8.26. The van der Waals surface area contributed by atoms with Gasteiger partial charge in [-0.15, -0.1) is 0 Å². The zero-order chi connectivity index (χ0) is 28.2. The number of carbonyl (C=O) groups is 1. The normalized spacial score (nSPS) is 21.7. The Kier molecular flexibility index (Phi) is 7.37. The van der Waals surface area contributed by atoms with Crippen molar-refractivity contribution in [2.45, 2.75) is 36.7 Å². The first-order chi connectivity index (χ1) is 18.2. The predicted octanol–water partition coefficient (Wildman–Crippen LogP) is 0.559. The van der Waals surface area contributed by atoms with Gasteiger partial charge in [0, 0.05) is 49.4 Å². The second kappa shape index (κ2) is 10.2. The molecule has 0 aliphatic carbocycles. The number of benzene rings is 1. The van der Waals surface area contributed by atoms with Gasteiger partial charge in [-0.3, -0.25) is 10.2 Å². The van der Waals surface area contributed by atoms with E-state index in [9.17, 15) is 21.6 Å². The fourth-order valence-corrected chi connectivity index (χ4v) is 8.37. The number of ether oxygens (including phenoxy) is 1. The Hall–Kier alpha value is -2.40. The maximum atomic E-state index is 13.5. The van der Waals surface area contributed by atoms with Gasteiger partial charge in [0.2, 0.25) is 15.9 Å². The van der Waals surface area contributed by atoms with Gasteiger partial charge in [-0.05, 0) is 19.1 Å². The average Bonchev–Trinajstić information content (AvgIpc) is 3.47. The van der Waals surface area contributed by atoms with Crippen LogP contribution < -0.4 is 15.0 Å². The topological polar surface area (TPSA) is 155 Å². The largest absolute Gasteiger partial charge is 0.377 e. The summed E-state index contributed by atoms with van der Waals surface area (Å²) >= 11 is 1.21. The molecule has 0 spiro atoms. The Bertz CT molecular complexity index is 1520. The molecule has 3 aliphatic heterocycles. The van der Waals surface area contributed by atoms with E-state index in [0.29, 0.717) is 42.4 Å². The lowest BCUT2D eigenvalue weighted by Crippen LogP contribution is -2.59. The van der Waals surface area contributed by atoms with Crippen molar-refractivity contribution in [3.63, 3.8) is 0 Å². The van der Waals surface area contributed by atoms with Crippen LogP contribution in [0, 0.1) is 5.92 Å². The number of hydrogen-bond acceptors (Lipinski definition) is 11. The molecule has 13 nitrogen and oxygen atoms in total. The second-order valence-electron chi connectivity index (χ2n) is 10.8. The van der Waals surface area contributed by atoms with E-state index >= 15 is 0 Å². The van der Waals surface area contributed by atoms with Gasteiger partial charge >= 0.3 is 0 Å². The fourth-order valence-electron chi connectivity index (χ4n) is 4.79. The van der Waals surface area contributed by atoms with E-state index < -0.39 is 30.9 Å². The number of nitrogens with one attached hydrogen (secondary N) is 2. The standard InChI is InChI=1S/C23H33N7O6S3/c1-15(2)21(31)29-7-5-28(6-8-29)18-9-16(39(34,35)27-23(3)13-36-14-23)10-19-17(18)11-24-30(19)22-26-25-20(37-22)12-38(4,32)33/h9-11,15,22,26-27H,5-8,12-14H2,1-4H3. The van der Waals surface area contributed by atoms with Gasteiger partial charge in [-0.2, -0.15) is 10.2 Å². The molecule has 39 heavy (non-hydrogen) atoms. The molecule has 0 bridgehead atoms. The third-order valence-electron chi connectivity index (χ3n) is 6.78. The van der Waals surface area contributed by atoms with Gasteiger partial charge in [0.25, 0.3) is 0 Å². The van der Waals surface area contributed by atoms with E-state index in [2.05, 4.69) is 25.2 Å². The maximum absolute atomic E-state index is 13.5. The highest BCUT2D eigenvalue weighted by Gasteiger charge is 2.38. The zero-order valence-corrected chi connectivity index (χ0v) is 24.7. The van der Waals surface area contributed by atoms with Crippen molar-refractivity contribution in [1.82, 2.24) is 24.8 Å². The number of fused-ring (bicyclic) bond motifs is 1. The number of hydrazone groups is 1. The Morgan fingerprint density at radius 3 is 2.49 bits per heavy atom. The minimum absolute atomic E-state index is 0.0841. The highest BCUT2D eigenvalue weighted by atomic mass is 32.2. The smallest absolute Gasteiger partial charge is 0.241 e. The molecule has 0 radical (unpaired) electrons. The molecule has 1 atom stereocenters. The summed E-state index contributed by atoms with van der Waals surface area (Å²) in [5.41, 5.74) is 2.94. The predicted molar refractivity (Wildman–Crippen MR) is 150 cm³/mol. The van der Waals surface area contributed by atoms with Crippen LogP contribution in [0.15, 0.2) is 28.3 Å². The van der Waals surface area contributed by atoms with E-state index in [-0.39, 0.29) is 35.7 Å². The number of aromatic nitrogens is 2. The van der Waals surface area contributed by atoms with E-state index in [1.165, 1.54) is 11.8 Å². The first-order valence-corrected chi connectivity index (χ1v) is 17.0. The van der Waals surface area contributed by atoms with Crippen molar-refractivity contribution >= 4 is 59.2 Å². The van der Waals surface area contributed by atoms with Crippen LogP contribution in [0.2, 0.25) is 0 Å². The number of thioether (sulfide) groups is 1. The molecule has 1 aromatic heterocycles. The SMILES string of the molecule is CC(C)C(=O)N1CCN(c2cc(S(=O)(=O)NC3(C)COC3)cc3c2cnn3C2NN=C(CS(C)(=O)=O)S2)CC1. The molecule has 2 aromatic rings. The Morgan fingerprint density at radius 1 is 1.21 bits per heavy atom. The van der Waals surface area contributed by atoms with Crippen molar-refractivity contribution in [3.8, 4) is 0 Å². The van der Waals surface area contributed by atoms with Crippen molar-refractivity contribution in [2.75, 3.05) is 56.3 Å². The zero-order valence-electron chi connectivity index (χ0n) is 22.2. The van der Waals surface area contributed by atoms with Crippen molar-refractivity contribution in [1.29, 1.82) is 0 Å². The Morgan fingerprint density at radius 2 is 1.90 bits per heavy atom. The van der Waals surface area contributed by atoms with Gasteiger partial charge in [0.15, 0.2) is 15.3 Å². The second-order valence-corrected chi connectivity index (χ2v) is 15.7. The van der Waals surface area contributed by atoms with Crippen LogP contribution >= 0.6 is 11.8 Å². The Balaban J connectivity index is 1.50. The monoisotopic (exact) mass is 599 g/mol. The van der Waals surface area contributed by atoms with Crippen LogP contribution in [0.3, 0.4) is 0 Å². The molecular weight excluding hydrogens is 566 g/mol. The van der Waals surface area contributed by atoms with Crippen LogP contribution in [0.4, 0.5) is 5.69 Å². The number of sulfonamides is 1. The van der Waals surface area contributed by atoms with E-state index in [1.807, 2.05) is 18.7 Å². The number of nitrogens with zero attached hydrogens (tertiary/aromatic N) is 5. The van der Waals surface area contributed by atoms with Gasteiger partial charge in [0.1, 0.15) is 10.8 Å². The summed E-state index contributed by atoms with van der Waals surface area (Å²) in [7, 11) is -7.19. The minimum Gasteiger partial charge on any atom is -0.377 e. The van der Waals surface area contributed by atoms with Crippen molar-refractivity contribution in [3.05, 3.63) is 18.3 Å². The van der Waals surface area contributed by atoms with Crippen molar-refractivity contribution in [2.24, 2.45) is 11.0 Å². The molecule has 1 unspecified atom stereocenters. The van der Waals surface area contributed by atoms with Gasteiger partial charge in [-0.25, -0.2) is 26.2 Å². The van der Waals surface area contributed by atoms with Gasteiger partial charge < -0.3 is 14.5 Å². The summed E-state index contributed by atoms with van der Waals surface area (Å²) in [5.74, 6) is -0.197. The van der Waals surface area contributed by atoms with Crippen LogP contribution in [-0.2, 0) is 29.4 Å². The number of rotatable bonds is 8. The number of carbonyl (C=O) groups excluding carboxylic acids is 1. The average molecular weight is 600 g/mol. The van der Waals surface area contributed by atoms with Crippen LogP contribution in [0.25, 0.3) is 10.9 Å². The third kappa shape index (κ3) is 5.89. The van der Waals surface area contributed by atoms with E-state index in [1.54, 1.807) is 29.9 Å². The van der Waals surface area contributed by atoms with Crippen molar-refractivity contribution < 1.29 is 26.4 Å². The molecule has 2 saturated heterocycles. The molecule has 1 amide bonds. The summed E-state index contributed by atoms with van der Waals surface area (Å²) in [6.07, 6.45) is 2.82. The molecule has 214 valence electrons. The molecule has 2 N–H and O–H groups in total.